The van der Waals surface area contributed by atoms with E-state index in [1.54, 1.807) is 11.1 Å². The molecule has 0 bridgehead atoms. The molecular formula is C17H22N2O2. The summed E-state index contributed by atoms with van der Waals surface area (Å²) in [6.07, 6.45) is 3.94. The van der Waals surface area contributed by atoms with E-state index in [1.807, 2.05) is 51.1 Å². The van der Waals surface area contributed by atoms with Crippen molar-refractivity contribution < 1.29 is 9.59 Å². The first kappa shape index (κ1) is 15.3. The lowest BCUT2D eigenvalue weighted by molar-refractivity contribution is -0.130. The van der Waals surface area contributed by atoms with E-state index in [4.69, 9.17) is 0 Å². The molecule has 0 saturated carbocycles. The van der Waals surface area contributed by atoms with Crippen LogP contribution in [0.3, 0.4) is 0 Å². The highest BCUT2D eigenvalue weighted by molar-refractivity contribution is 5.82. The van der Waals surface area contributed by atoms with Gasteiger partial charge in [-0.3, -0.25) is 9.59 Å². The SMILES string of the molecule is CC(=O)N1C=Cc2ccccc2C1CC(=O)NC(C)(C)C. The van der Waals surface area contributed by atoms with Gasteiger partial charge in [-0.05, 0) is 38.0 Å². The molecule has 0 aromatic heterocycles. The van der Waals surface area contributed by atoms with Crippen LogP contribution in [-0.2, 0) is 9.59 Å². The summed E-state index contributed by atoms with van der Waals surface area (Å²) in [5.74, 6) is -0.113. The molecule has 1 aliphatic heterocycles. The number of carbonyl (C=O) groups excluding carboxylic acids is 2. The number of rotatable bonds is 2. The van der Waals surface area contributed by atoms with Gasteiger partial charge in [0.25, 0.3) is 0 Å². The van der Waals surface area contributed by atoms with E-state index in [0.29, 0.717) is 0 Å². The van der Waals surface area contributed by atoms with Crippen LogP contribution < -0.4 is 5.32 Å². The smallest absolute Gasteiger partial charge is 0.223 e. The summed E-state index contributed by atoms with van der Waals surface area (Å²) < 4.78 is 0. The lowest BCUT2D eigenvalue weighted by atomic mass is 9.93. The number of amides is 2. The fourth-order valence-corrected chi connectivity index (χ4v) is 2.56. The zero-order valence-corrected chi connectivity index (χ0v) is 13.0. The molecule has 2 amide bonds. The van der Waals surface area contributed by atoms with E-state index < -0.39 is 0 Å². The summed E-state index contributed by atoms with van der Waals surface area (Å²) in [6.45, 7) is 7.36. The van der Waals surface area contributed by atoms with E-state index in [1.165, 1.54) is 6.92 Å². The van der Waals surface area contributed by atoms with Crippen molar-refractivity contribution in [3.8, 4) is 0 Å². The lowest BCUT2D eigenvalue weighted by Crippen LogP contribution is -2.43. The standard InChI is InChI=1S/C17H22N2O2/c1-12(20)19-10-9-13-7-5-6-8-14(13)15(19)11-16(21)18-17(2,3)4/h5-10,15H,11H2,1-4H3,(H,18,21). The van der Waals surface area contributed by atoms with Crippen molar-refractivity contribution in [3.05, 3.63) is 41.6 Å². The number of nitrogens with zero attached hydrogens (tertiary/aromatic N) is 1. The van der Waals surface area contributed by atoms with Crippen molar-refractivity contribution in [2.45, 2.75) is 45.7 Å². The Kier molecular flexibility index (Phi) is 4.16. The maximum atomic E-state index is 12.2. The molecule has 0 saturated heterocycles. The second-order valence-electron chi connectivity index (χ2n) is 6.39. The van der Waals surface area contributed by atoms with Crippen LogP contribution in [0, 0.1) is 0 Å². The molecule has 0 fully saturated rings. The van der Waals surface area contributed by atoms with E-state index in [9.17, 15) is 9.59 Å². The summed E-state index contributed by atoms with van der Waals surface area (Å²) in [5, 5.41) is 2.96. The Balaban J connectivity index is 2.27. The van der Waals surface area contributed by atoms with Gasteiger partial charge in [0, 0.05) is 18.7 Å². The Bertz CT molecular complexity index is 585. The number of hydrogen-bond acceptors (Lipinski definition) is 2. The van der Waals surface area contributed by atoms with Gasteiger partial charge >= 0.3 is 0 Å². The molecule has 21 heavy (non-hydrogen) atoms. The van der Waals surface area contributed by atoms with E-state index in [-0.39, 0.29) is 29.8 Å². The highest BCUT2D eigenvalue weighted by Crippen LogP contribution is 2.32. The van der Waals surface area contributed by atoms with Gasteiger partial charge in [0.15, 0.2) is 0 Å². The molecule has 1 aromatic carbocycles. The zero-order valence-electron chi connectivity index (χ0n) is 13.0. The van der Waals surface area contributed by atoms with Crippen molar-refractivity contribution in [1.82, 2.24) is 10.2 Å². The maximum Gasteiger partial charge on any atom is 0.223 e. The quantitative estimate of drug-likeness (QED) is 0.909. The zero-order chi connectivity index (χ0) is 15.6. The molecular weight excluding hydrogens is 264 g/mol. The summed E-state index contributed by atoms with van der Waals surface area (Å²) in [4.78, 5) is 25.7. The monoisotopic (exact) mass is 286 g/mol. The summed E-state index contributed by atoms with van der Waals surface area (Å²) >= 11 is 0. The van der Waals surface area contributed by atoms with Crippen LogP contribution in [0.15, 0.2) is 30.5 Å². The minimum absolute atomic E-state index is 0.0520. The Labute approximate surface area is 125 Å². The van der Waals surface area contributed by atoms with Gasteiger partial charge in [0.1, 0.15) is 0 Å². The molecule has 1 aromatic rings. The van der Waals surface area contributed by atoms with Crippen LogP contribution in [-0.4, -0.2) is 22.3 Å². The average Bonchev–Trinajstić information content (AvgIpc) is 2.36. The highest BCUT2D eigenvalue weighted by Gasteiger charge is 2.29. The summed E-state index contributed by atoms with van der Waals surface area (Å²) in [6, 6.07) is 7.62. The van der Waals surface area contributed by atoms with Crippen LogP contribution in [0.4, 0.5) is 0 Å². The molecule has 0 aliphatic carbocycles. The van der Waals surface area contributed by atoms with E-state index in [2.05, 4.69) is 5.32 Å². The number of fused-ring (bicyclic) bond motifs is 1. The number of nitrogens with one attached hydrogen (secondary N) is 1. The van der Waals surface area contributed by atoms with Crippen molar-refractivity contribution in [3.63, 3.8) is 0 Å². The minimum Gasteiger partial charge on any atom is -0.351 e. The first-order valence-electron chi connectivity index (χ1n) is 7.15. The van der Waals surface area contributed by atoms with Crippen LogP contribution in [0.1, 0.15) is 51.3 Å². The van der Waals surface area contributed by atoms with Crippen LogP contribution in [0.2, 0.25) is 0 Å². The molecule has 0 spiro atoms. The maximum absolute atomic E-state index is 12.2. The third-order valence-electron chi connectivity index (χ3n) is 3.36. The van der Waals surface area contributed by atoms with Gasteiger partial charge in [0.2, 0.25) is 11.8 Å². The molecule has 1 heterocycles. The fraction of sp³-hybridized carbons (Fsp3) is 0.412. The van der Waals surface area contributed by atoms with Gasteiger partial charge in [-0.2, -0.15) is 0 Å². The van der Waals surface area contributed by atoms with Crippen LogP contribution in [0.5, 0.6) is 0 Å². The first-order chi connectivity index (χ1) is 9.78. The van der Waals surface area contributed by atoms with Crippen LogP contribution >= 0.6 is 0 Å². The van der Waals surface area contributed by atoms with Crippen LogP contribution in [0.25, 0.3) is 6.08 Å². The average molecular weight is 286 g/mol. The number of carbonyl (C=O) groups is 2. The molecule has 1 N–H and O–H groups in total. The largest absolute Gasteiger partial charge is 0.351 e. The van der Waals surface area contributed by atoms with Crippen molar-refractivity contribution >= 4 is 17.9 Å². The molecule has 2 rings (SSSR count). The van der Waals surface area contributed by atoms with E-state index >= 15 is 0 Å². The second-order valence-corrected chi connectivity index (χ2v) is 6.39. The molecule has 0 radical (unpaired) electrons. The molecule has 1 unspecified atom stereocenters. The Hall–Kier alpha value is -2.10. The molecule has 112 valence electrons. The minimum atomic E-state index is -0.276. The third-order valence-corrected chi connectivity index (χ3v) is 3.36. The first-order valence-corrected chi connectivity index (χ1v) is 7.15. The molecule has 1 atom stereocenters. The van der Waals surface area contributed by atoms with Crippen molar-refractivity contribution in [2.24, 2.45) is 0 Å². The third kappa shape index (κ3) is 3.72. The van der Waals surface area contributed by atoms with Gasteiger partial charge in [0.05, 0.1) is 12.5 Å². The molecule has 4 heteroatoms. The normalized spacial score (nSPS) is 17.3. The van der Waals surface area contributed by atoms with Gasteiger partial charge in [-0.15, -0.1) is 0 Å². The van der Waals surface area contributed by atoms with Gasteiger partial charge in [-0.1, -0.05) is 24.3 Å². The topological polar surface area (TPSA) is 49.4 Å². The Morgan fingerprint density at radius 1 is 1.24 bits per heavy atom. The second kappa shape index (κ2) is 5.72. The lowest BCUT2D eigenvalue weighted by Gasteiger charge is -2.33. The number of benzene rings is 1. The highest BCUT2D eigenvalue weighted by atomic mass is 16.2. The molecule has 4 nitrogen and oxygen atoms in total. The van der Waals surface area contributed by atoms with Crippen molar-refractivity contribution in [2.75, 3.05) is 0 Å². The Morgan fingerprint density at radius 3 is 2.52 bits per heavy atom. The van der Waals surface area contributed by atoms with E-state index in [0.717, 1.165) is 11.1 Å². The molecule has 1 aliphatic rings. The predicted octanol–water partition coefficient (Wildman–Crippen LogP) is 2.87. The Morgan fingerprint density at radius 2 is 1.90 bits per heavy atom. The van der Waals surface area contributed by atoms with Crippen molar-refractivity contribution in [1.29, 1.82) is 0 Å². The summed E-state index contributed by atoms with van der Waals surface area (Å²) in [7, 11) is 0. The van der Waals surface area contributed by atoms with Gasteiger partial charge < -0.3 is 10.2 Å². The predicted molar refractivity (Wildman–Crippen MR) is 83.2 cm³/mol. The fourth-order valence-electron chi connectivity index (χ4n) is 2.56. The number of hydrogen-bond donors (Lipinski definition) is 1. The van der Waals surface area contributed by atoms with Gasteiger partial charge in [-0.25, -0.2) is 0 Å². The summed E-state index contributed by atoms with van der Waals surface area (Å²) in [5.41, 5.74) is 1.80.